The van der Waals surface area contributed by atoms with Gasteiger partial charge in [0, 0.05) is 5.69 Å². The van der Waals surface area contributed by atoms with Crippen LogP contribution < -0.4 is 5.32 Å². The van der Waals surface area contributed by atoms with E-state index in [4.69, 9.17) is 4.74 Å². The van der Waals surface area contributed by atoms with Crippen LogP contribution in [0.4, 0.5) is 5.69 Å². The van der Waals surface area contributed by atoms with Crippen LogP contribution in [0.1, 0.15) is 39.5 Å². The topological polar surface area (TPSA) is 38.3 Å². The minimum Gasteiger partial charge on any atom is -0.467 e. The molecule has 0 heterocycles. The average Bonchev–Trinajstić information content (AvgIpc) is 2.48. The summed E-state index contributed by atoms with van der Waals surface area (Å²) in [5, 5.41) is 3.43. The zero-order chi connectivity index (χ0) is 14.6. The Morgan fingerprint density at radius 3 is 2.35 bits per heavy atom. The number of anilines is 1. The Hall–Kier alpha value is -1.51. The highest BCUT2D eigenvalue weighted by atomic mass is 16.5. The van der Waals surface area contributed by atoms with Gasteiger partial charge in [-0.2, -0.15) is 0 Å². The molecule has 0 atom stereocenters. The van der Waals surface area contributed by atoms with Gasteiger partial charge in [0.2, 0.25) is 0 Å². The Kier molecular flexibility index (Phi) is 4.69. The molecule has 0 aliphatic heterocycles. The summed E-state index contributed by atoms with van der Waals surface area (Å²) >= 11 is 0. The number of hydrogen-bond acceptors (Lipinski definition) is 3. The molecular formula is C17H25NO2. The van der Waals surface area contributed by atoms with Crippen molar-refractivity contribution in [1.82, 2.24) is 0 Å². The van der Waals surface area contributed by atoms with Gasteiger partial charge in [0.25, 0.3) is 0 Å². The smallest absolute Gasteiger partial charge is 0.331 e. The van der Waals surface area contributed by atoms with Gasteiger partial charge in [-0.3, -0.25) is 0 Å². The standard InChI is InChI=1S/C17H25NO2/c1-13(2)14-9-11-17(12-10-14,16(19)20-3)18-15-7-5-4-6-8-15/h4-8,13-14,18H,9-12H2,1-3H3. The third-order valence-corrected chi connectivity index (χ3v) is 4.56. The van der Waals surface area contributed by atoms with Gasteiger partial charge in [-0.05, 0) is 49.7 Å². The molecule has 110 valence electrons. The Labute approximate surface area is 121 Å². The van der Waals surface area contributed by atoms with Crippen LogP contribution in [0.5, 0.6) is 0 Å². The van der Waals surface area contributed by atoms with E-state index in [1.54, 1.807) is 0 Å². The van der Waals surface area contributed by atoms with Crippen LogP contribution in [-0.2, 0) is 9.53 Å². The molecule has 1 aliphatic carbocycles. The second kappa shape index (κ2) is 6.29. The summed E-state index contributed by atoms with van der Waals surface area (Å²) in [5.41, 5.74) is 0.433. The quantitative estimate of drug-likeness (QED) is 0.848. The normalized spacial score (nSPS) is 26.3. The Bertz CT molecular complexity index is 434. The second-order valence-corrected chi connectivity index (χ2v) is 6.15. The first-order valence-corrected chi connectivity index (χ1v) is 7.49. The van der Waals surface area contributed by atoms with E-state index in [-0.39, 0.29) is 5.97 Å². The molecule has 0 amide bonds. The van der Waals surface area contributed by atoms with E-state index in [0.29, 0.717) is 11.8 Å². The molecule has 1 aromatic carbocycles. The van der Waals surface area contributed by atoms with E-state index in [2.05, 4.69) is 19.2 Å². The fraction of sp³-hybridized carbons (Fsp3) is 0.588. The van der Waals surface area contributed by atoms with Gasteiger partial charge in [-0.25, -0.2) is 4.79 Å². The van der Waals surface area contributed by atoms with Crippen molar-refractivity contribution in [3.05, 3.63) is 30.3 Å². The van der Waals surface area contributed by atoms with E-state index >= 15 is 0 Å². The summed E-state index contributed by atoms with van der Waals surface area (Å²) in [6.45, 7) is 4.53. The first kappa shape index (κ1) is 14.9. The van der Waals surface area contributed by atoms with Crippen LogP contribution >= 0.6 is 0 Å². The average molecular weight is 275 g/mol. The number of rotatable bonds is 4. The SMILES string of the molecule is COC(=O)C1(Nc2ccccc2)CCC(C(C)C)CC1. The van der Waals surface area contributed by atoms with Crippen LogP contribution in [0.25, 0.3) is 0 Å². The van der Waals surface area contributed by atoms with Gasteiger partial charge in [-0.1, -0.05) is 32.0 Å². The lowest BCUT2D eigenvalue weighted by molar-refractivity contribution is -0.147. The first-order chi connectivity index (χ1) is 9.57. The molecule has 1 fully saturated rings. The summed E-state index contributed by atoms with van der Waals surface area (Å²) < 4.78 is 5.06. The van der Waals surface area contributed by atoms with Crippen molar-refractivity contribution in [2.24, 2.45) is 11.8 Å². The fourth-order valence-corrected chi connectivity index (χ4v) is 3.17. The third kappa shape index (κ3) is 3.14. The van der Waals surface area contributed by atoms with E-state index in [0.717, 1.165) is 31.4 Å². The van der Waals surface area contributed by atoms with Crippen LogP contribution in [0, 0.1) is 11.8 Å². The number of carbonyl (C=O) groups is 1. The lowest BCUT2D eigenvalue weighted by atomic mass is 9.72. The number of methoxy groups -OCH3 is 1. The monoisotopic (exact) mass is 275 g/mol. The molecule has 3 heteroatoms. The number of ether oxygens (including phenoxy) is 1. The van der Waals surface area contributed by atoms with E-state index in [1.165, 1.54) is 7.11 Å². The molecule has 0 aromatic heterocycles. The maximum Gasteiger partial charge on any atom is 0.331 e. The summed E-state index contributed by atoms with van der Waals surface area (Å²) in [4.78, 5) is 12.3. The predicted molar refractivity (Wildman–Crippen MR) is 81.6 cm³/mol. The molecule has 1 saturated carbocycles. The predicted octanol–water partition coefficient (Wildman–Crippen LogP) is 3.86. The molecule has 2 rings (SSSR count). The number of carbonyl (C=O) groups excluding carboxylic acids is 1. The maximum absolute atomic E-state index is 12.3. The number of esters is 1. The molecule has 0 spiro atoms. The fourth-order valence-electron chi connectivity index (χ4n) is 3.17. The summed E-state index contributed by atoms with van der Waals surface area (Å²) in [7, 11) is 1.48. The van der Waals surface area contributed by atoms with Crippen molar-refractivity contribution in [3.63, 3.8) is 0 Å². The van der Waals surface area contributed by atoms with Crippen LogP contribution in [0.3, 0.4) is 0 Å². The third-order valence-electron chi connectivity index (χ3n) is 4.56. The maximum atomic E-state index is 12.3. The molecular weight excluding hydrogens is 250 g/mol. The highest BCUT2D eigenvalue weighted by Gasteiger charge is 2.43. The first-order valence-electron chi connectivity index (χ1n) is 7.49. The Morgan fingerprint density at radius 2 is 1.85 bits per heavy atom. The lowest BCUT2D eigenvalue weighted by Crippen LogP contribution is -2.50. The molecule has 20 heavy (non-hydrogen) atoms. The Morgan fingerprint density at radius 1 is 1.25 bits per heavy atom. The molecule has 1 aromatic rings. The summed E-state index contributed by atoms with van der Waals surface area (Å²) in [5.74, 6) is 1.26. The van der Waals surface area contributed by atoms with Gasteiger partial charge in [0.1, 0.15) is 5.54 Å². The molecule has 0 saturated heterocycles. The molecule has 1 N–H and O–H groups in total. The summed E-state index contributed by atoms with van der Waals surface area (Å²) in [6.07, 6.45) is 3.84. The van der Waals surface area contributed by atoms with Gasteiger partial charge in [-0.15, -0.1) is 0 Å². The number of hydrogen-bond donors (Lipinski definition) is 1. The Balaban J connectivity index is 2.14. The number of nitrogens with one attached hydrogen (secondary N) is 1. The van der Waals surface area contributed by atoms with Crippen molar-refractivity contribution in [2.45, 2.75) is 45.1 Å². The zero-order valence-corrected chi connectivity index (χ0v) is 12.7. The molecule has 0 radical (unpaired) electrons. The van der Waals surface area contributed by atoms with Gasteiger partial charge < -0.3 is 10.1 Å². The highest BCUT2D eigenvalue weighted by Crippen LogP contribution is 2.38. The molecule has 3 nitrogen and oxygen atoms in total. The largest absolute Gasteiger partial charge is 0.467 e. The number of para-hydroxylation sites is 1. The number of benzene rings is 1. The highest BCUT2D eigenvalue weighted by molar-refractivity contribution is 5.84. The molecule has 1 aliphatic rings. The minimum absolute atomic E-state index is 0.136. The molecule has 0 bridgehead atoms. The van der Waals surface area contributed by atoms with E-state index in [9.17, 15) is 4.79 Å². The minimum atomic E-state index is -0.554. The van der Waals surface area contributed by atoms with Crippen molar-refractivity contribution in [3.8, 4) is 0 Å². The van der Waals surface area contributed by atoms with Crippen molar-refractivity contribution in [1.29, 1.82) is 0 Å². The van der Waals surface area contributed by atoms with Crippen molar-refractivity contribution >= 4 is 11.7 Å². The molecule has 0 unspecified atom stereocenters. The summed E-state index contributed by atoms with van der Waals surface area (Å²) in [6, 6.07) is 9.93. The van der Waals surface area contributed by atoms with Crippen molar-refractivity contribution < 1.29 is 9.53 Å². The van der Waals surface area contributed by atoms with Crippen molar-refractivity contribution in [2.75, 3.05) is 12.4 Å². The lowest BCUT2D eigenvalue weighted by Gasteiger charge is -2.40. The van der Waals surface area contributed by atoms with Crippen LogP contribution in [0.15, 0.2) is 30.3 Å². The van der Waals surface area contributed by atoms with E-state index < -0.39 is 5.54 Å². The van der Waals surface area contributed by atoms with E-state index in [1.807, 2.05) is 30.3 Å². The van der Waals surface area contributed by atoms with Gasteiger partial charge in [0.05, 0.1) is 7.11 Å². The van der Waals surface area contributed by atoms with Gasteiger partial charge in [0.15, 0.2) is 0 Å². The van der Waals surface area contributed by atoms with Crippen LogP contribution in [-0.4, -0.2) is 18.6 Å². The van der Waals surface area contributed by atoms with Crippen LogP contribution in [0.2, 0.25) is 0 Å². The zero-order valence-electron chi connectivity index (χ0n) is 12.7. The van der Waals surface area contributed by atoms with Gasteiger partial charge >= 0.3 is 5.97 Å². The second-order valence-electron chi connectivity index (χ2n) is 6.15.